The lowest BCUT2D eigenvalue weighted by molar-refractivity contribution is -0.153. The molecule has 0 unspecified atom stereocenters. The van der Waals surface area contributed by atoms with E-state index in [1.54, 1.807) is 23.7 Å². The Hall–Kier alpha value is -0.750. The van der Waals surface area contributed by atoms with Crippen LogP contribution in [0.3, 0.4) is 0 Å². The first-order chi connectivity index (χ1) is 9.44. The summed E-state index contributed by atoms with van der Waals surface area (Å²) in [7, 11) is 1.75. The van der Waals surface area contributed by atoms with E-state index in [1.807, 2.05) is 27.7 Å². The summed E-state index contributed by atoms with van der Waals surface area (Å²) in [6.45, 7) is 11.7. The van der Waals surface area contributed by atoms with Gasteiger partial charge in [-0.1, -0.05) is 13.8 Å². The third kappa shape index (κ3) is 3.72. The van der Waals surface area contributed by atoms with Crippen LogP contribution in [0.25, 0.3) is 0 Å². The molecule has 0 aromatic heterocycles. The molecule has 0 bridgehead atoms. The second kappa shape index (κ2) is 6.16. The standard InChI is InChI=1S/C15H28N2O3S/c1-9(2)8-10(16-7)12(18)17-11(13(19)20)14(3,4)21-15(17,5)6/h9-11,16H,8H2,1-7H3,(H,19,20)/t10-,11+/m0/s1. The Morgan fingerprint density at radius 2 is 1.81 bits per heavy atom. The van der Waals surface area contributed by atoms with E-state index in [0.29, 0.717) is 12.3 Å². The van der Waals surface area contributed by atoms with Crippen molar-refractivity contribution in [3.63, 3.8) is 0 Å². The fourth-order valence-corrected chi connectivity index (χ4v) is 5.05. The van der Waals surface area contributed by atoms with Crippen molar-refractivity contribution < 1.29 is 14.7 Å². The summed E-state index contributed by atoms with van der Waals surface area (Å²) in [5, 5.41) is 12.7. The van der Waals surface area contributed by atoms with Crippen LogP contribution in [0.4, 0.5) is 0 Å². The molecular weight excluding hydrogens is 288 g/mol. The van der Waals surface area contributed by atoms with Crippen molar-refractivity contribution in [2.75, 3.05) is 7.05 Å². The Balaban J connectivity index is 3.16. The van der Waals surface area contributed by atoms with E-state index in [1.165, 1.54) is 0 Å². The molecule has 2 N–H and O–H groups in total. The fraction of sp³-hybridized carbons (Fsp3) is 0.867. The van der Waals surface area contributed by atoms with Crippen molar-refractivity contribution >= 4 is 23.6 Å². The molecule has 0 saturated carbocycles. The van der Waals surface area contributed by atoms with Crippen LogP contribution in [0.5, 0.6) is 0 Å². The summed E-state index contributed by atoms with van der Waals surface area (Å²) in [4.78, 5) is 25.7. The molecule has 0 aromatic rings. The first-order valence-electron chi connectivity index (χ1n) is 7.37. The molecule has 1 heterocycles. The monoisotopic (exact) mass is 316 g/mol. The lowest BCUT2D eigenvalue weighted by Gasteiger charge is -2.36. The highest BCUT2D eigenvalue weighted by atomic mass is 32.2. The zero-order valence-corrected chi connectivity index (χ0v) is 14.9. The van der Waals surface area contributed by atoms with Crippen LogP contribution in [-0.2, 0) is 9.59 Å². The van der Waals surface area contributed by atoms with Gasteiger partial charge in [-0.2, -0.15) is 0 Å². The third-order valence-electron chi connectivity index (χ3n) is 3.83. The number of nitrogens with one attached hydrogen (secondary N) is 1. The summed E-state index contributed by atoms with van der Waals surface area (Å²) in [6.07, 6.45) is 0.694. The van der Waals surface area contributed by atoms with Crippen molar-refractivity contribution in [2.24, 2.45) is 5.92 Å². The maximum atomic E-state index is 12.9. The molecule has 0 spiro atoms. The Morgan fingerprint density at radius 1 is 1.29 bits per heavy atom. The highest BCUT2D eigenvalue weighted by Crippen LogP contribution is 2.51. The van der Waals surface area contributed by atoms with Gasteiger partial charge in [0.2, 0.25) is 5.91 Å². The number of thioether (sulfide) groups is 1. The van der Waals surface area contributed by atoms with E-state index >= 15 is 0 Å². The van der Waals surface area contributed by atoms with Crippen LogP contribution in [0.15, 0.2) is 0 Å². The number of carbonyl (C=O) groups excluding carboxylic acids is 1. The maximum absolute atomic E-state index is 12.9. The van der Waals surface area contributed by atoms with Crippen LogP contribution < -0.4 is 5.32 Å². The second-order valence-electron chi connectivity index (χ2n) is 7.07. The van der Waals surface area contributed by atoms with E-state index in [4.69, 9.17) is 0 Å². The van der Waals surface area contributed by atoms with Gasteiger partial charge < -0.3 is 15.3 Å². The van der Waals surface area contributed by atoms with Crippen molar-refractivity contribution in [3.05, 3.63) is 0 Å². The van der Waals surface area contributed by atoms with Crippen molar-refractivity contribution in [3.8, 4) is 0 Å². The molecule has 2 atom stereocenters. The maximum Gasteiger partial charge on any atom is 0.327 e. The van der Waals surface area contributed by atoms with Gasteiger partial charge in [-0.05, 0) is 47.1 Å². The van der Waals surface area contributed by atoms with Gasteiger partial charge in [0.05, 0.1) is 10.9 Å². The zero-order valence-electron chi connectivity index (χ0n) is 14.1. The first-order valence-corrected chi connectivity index (χ1v) is 8.19. The largest absolute Gasteiger partial charge is 0.480 e. The fourth-order valence-electron chi connectivity index (χ4n) is 3.15. The Bertz CT molecular complexity index is 421. The molecule has 1 amide bonds. The van der Waals surface area contributed by atoms with Crippen LogP contribution in [0.1, 0.15) is 48.0 Å². The molecular formula is C15H28N2O3S. The topological polar surface area (TPSA) is 69.6 Å². The van der Waals surface area contributed by atoms with Crippen LogP contribution in [0, 0.1) is 5.92 Å². The number of carbonyl (C=O) groups is 2. The van der Waals surface area contributed by atoms with Crippen molar-refractivity contribution in [2.45, 2.75) is 69.7 Å². The van der Waals surface area contributed by atoms with E-state index < -0.39 is 21.6 Å². The minimum Gasteiger partial charge on any atom is -0.480 e. The van der Waals surface area contributed by atoms with E-state index in [9.17, 15) is 14.7 Å². The van der Waals surface area contributed by atoms with Crippen LogP contribution in [-0.4, -0.2) is 50.6 Å². The number of rotatable bonds is 5. The van der Waals surface area contributed by atoms with E-state index in [0.717, 1.165) is 0 Å². The molecule has 5 nitrogen and oxygen atoms in total. The minimum absolute atomic E-state index is 0.123. The second-order valence-corrected chi connectivity index (χ2v) is 9.33. The van der Waals surface area contributed by atoms with Crippen molar-refractivity contribution in [1.29, 1.82) is 0 Å². The van der Waals surface area contributed by atoms with Gasteiger partial charge >= 0.3 is 5.97 Å². The number of carboxylic acid groups (broad SMARTS) is 1. The number of aliphatic carboxylic acids is 1. The number of hydrogen-bond donors (Lipinski definition) is 2. The molecule has 21 heavy (non-hydrogen) atoms. The average molecular weight is 316 g/mol. The number of nitrogens with zero attached hydrogens (tertiary/aromatic N) is 1. The third-order valence-corrected chi connectivity index (χ3v) is 5.28. The predicted octanol–water partition coefficient (Wildman–Crippen LogP) is 2.16. The quantitative estimate of drug-likeness (QED) is 0.813. The Kier molecular flexibility index (Phi) is 5.37. The summed E-state index contributed by atoms with van der Waals surface area (Å²) in [5.74, 6) is -0.700. The normalized spacial score (nSPS) is 25.1. The first kappa shape index (κ1) is 18.3. The van der Waals surface area contributed by atoms with Gasteiger partial charge in [0.25, 0.3) is 0 Å². The average Bonchev–Trinajstić information content (AvgIpc) is 2.49. The van der Waals surface area contributed by atoms with Crippen LogP contribution >= 0.6 is 11.8 Å². The molecule has 1 rings (SSSR count). The van der Waals surface area contributed by atoms with Gasteiger partial charge in [-0.25, -0.2) is 4.79 Å². The predicted molar refractivity (Wildman–Crippen MR) is 86.3 cm³/mol. The minimum atomic E-state index is -0.939. The summed E-state index contributed by atoms with van der Waals surface area (Å²) < 4.78 is -0.513. The molecule has 1 fully saturated rings. The molecule has 1 aliphatic rings. The lowest BCUT2D eigenvalue weighted by Crippen LogP contribution is -2.58. The van der Waals surface area contributed by atoms with Gasteiger partial charge in [0.15, 0.2) is 0 Å². The summed E-state index contributed by atoms with van der Waals surface area (Å²) in [6, 6.07) is -1.16. The van der Waals surface area contributed by atoms with Gasteiger partial charge in [0, 0.05) is 4.75 Å². The van der Waals surface area contributed by atoms with E-state index in [2.05, 4.69) is 19.2 Å². The smallest absolute Gasteiger partial charge is 0.327 e. The van der Waals surface area contributed by atoms with Crippen molar-refractivity contribution in [1.82, 2.24) is 10.2 Å². The van der Waals surface area contributed by atoms with Gasteiger partial charge in [-0.15, -0.1) is 11.8 Å². The molecule has 1 aliphatic heterocycles. The lowest BCUT2D eigenvalue weighted by atomic mass is 9.97. The molecule has 0 aliphatic carbocycles. The molecule has 0 aromatic carbocycles. The molecule has 122 valence electrons. The number of amides is 1. The number of hydrogen-bond acceptors (Lipinski definition) is 4. The highest BCUT2D eigenvalue weighted by Gasteiger charge is 2.57. The molecule has 0 radical (unpaired) electrons. The molecule has 1 saturated heterocycles. The number of likely N-dealkylation sites (N-methyl/N-ethyl adjacent to an activating group) is 1. The summed E-state index contributed by atoms with van der Waals surface area (Å²) >= 11 is 1.54. The Morgan fingerprint density at radius 3 is 2.19 bits per heavy atom. The Labute approximate surface area is 131 Å². The van der Waals surface area contributed by atoms with Crippen LogP contribution in [0.2, 0.25) is 0 Å². The number of carboxylic acids is 1. The van der Waals surface area contributed by atoms with E-state index in [-0.39, 0.29) is 11.9 Å². The SMILES string of the molecule is CN[C@@H](CC(C)C)C(=O)N1[C@H](C(=O)O)C(C)(C)SC1(C)C. The summed E-state index contributed by atoms with van der Waals surface area (Å²) in [5.41, 5.74) is 0. The molecule has 6 heteroatoms. The highest BCUT2D eigenvalue weighted by molar-refractivity contribution is 8.02. The van der Waals surface area contributed by atoms with Gasteiger partial charge in [0.1, 0.15) is 6.04 Å². The van der Waals surface area contributed by atoms with Gasteiger partial charge in [-0.3, -0.25) is 4.79 Å². The zero-order chi connectivity index (χ0) is 16.6.